The number of halogens is 2. The first-order valence-electron chi connectivity index (χ1n) is 25.4. The van der Waals surface area contributed by atoms with Crippen LogP contribution in [-0.4, -0.2) is 130 Å². The number of carboxylic acids is 1. The van der Waals surface area contributed by atoms with Crippen LogP contribution in [0, 0.1) is 11.8 Å². The average Bonchev–Trinajstić information content (AvgIpc) is 3.56. The third-order valence-corrected chi connectivity index (χ3v) is 15.2. The number of nitrogens with zero attached hydrogens (tertiary/aromatic N) is 4. The van der Waals surface area contributed by atoms with Gasteiger partial charge in [-0.05, 0) is 138 Å². The molecule has 6 N–H and O–H groups in total. The molecule has 4 aromatic carbocycles. The topological polar surface area (TPSA) is 198 Å². The Bertz CT molecular complexity index is 2750. The van der Waals surface area contributed by atoms with E-state index in [0.717, 1.165) is 53.0 Å². The van der Waals surface area contributed by atoms with Crippen molar-refractivity contribution in [1.82, 2.24) is 15.1 Å². The highest BCUT2D eigenvalue weighted by molar-refractivity contribution is 6.31. The molecule has 2 saturated carbocycles. The van der Waals surface area contributed by atoms with Gasteiger partial charge in [0.1, 0.15) is 11.5 Å². The van der Waals surface area contributed by atoms with Crippen LogP contribution in [0.3, 0.4) is 0 Å². The number of nitrogens with one attached hydrogen (secondary N) is 1. The van der Waals surface area contributed by atoms with Crippen molar-refractivity contribution < 1.29 is 44.0 Å². The molecule has 6 unspecified atom stereocenters. The Labute approximate surface area is 451 Å². The Hall–Kier alpha value is -5.78. The Morgan fingerprint density at radius 3 is 1.60 bits per heavy atom. The van der Waals surface area contributed by atoms with Gasteiger partial charge in [0.2, 0.25) is 17.7 Å². The molecule has 4 aromatic rings. The van der Waals surface area contributed by atoms with Gasteiger partial charge in [-0.2, -0.15) is 0 Å². The van der Waals surface area contributed by atoms with Crippen LogP contribution >= 0.6 is 23.2 Å². The van der Waals surface area contributed by atoms with Crippen molar-refractivity contribution in [3.63, 3.8) is 0 Å². The van der Waals surface area contributed by atoms with E-state index in [9.17, 15) is 29.4 Å². The number of hydrogen-bond acceptors (Lipinski definition) is 11. The van der Waals surface area contributed by atoms with Gasteiger partial charge in [0, 0.05) is 85.1 Å². The van der Waals surface area contributed by atoms with Gasteiger partial charge in [-0.3, -0.25) is 19.2 Å². The number of benzene rings is 4. The first-order chi connectivity index (χ1) is 35.5. The monoisotopic (exact) mass is 1070 g/mol. The molecule has 0 bridgehead atoms. The zero-order valence-corrected chi connectivity index (χ0v) is 46.0. The number of amides is 3. The fraction of sp³-hybridized carbons (Fsp3) is 0.448. The molecule has 404 valence electrons. The second kappa shape index (κ2) is 25.8. The maximum Gasteiger partial charge on any atom is 0.307 e. The first-order valence-corrected chi connectivity index (χ1v) is 26.1. The zero-order chi connectivity index (χ0) is 54.8. The van der Waals surface area contributed by atoms with E-state index in [-0.39, 0.29) is 67.3 Å². The number of carboxylic acid groups (broad SMARTS) is 1. The molecule has 75 heavy (non-hydrogen) atoms. The number of ether oxygens (including phenoxy) is 2. The van der Waals surface area contributed by atoms with Gasteiger partial charge in [0.15, 0.2) is 0 Å². The normalized spacial score (nSPS) is 23.5. The van der Waals surface area contributed by atoms with Crippen LogP contribution in [-0.2, 0) is 30.4 Å². The second-order valence-electron chi connectivity index (χ2n) is 20.6. The van der Waals surface area contributed by atoms with Crippen molar-refractivity contribution in [2.75, 3.05) is 79.4 Å². The van der Waals surface area contributed by atoms with Crippen LogP contribution in [0.5, 0.6) is 11.5 Å². The van der Waals surface area contributed by atoms with Crippen molar-refractivity contribution in [2.45, 2.75) is 87.5 Å². The summed E-state index contributed by atoms with van der Waals surface area (Å²) < 4.78 is 10.7. The average molecular weight is 1070 g/mol. The number of hydrogen-bond donors (Lipinski definition) is 5. The number of methoxy groups -OCH3 is 2. The summed E-state index contributed by atoms with van der Waals surface area (Å²) in [6.45, 7) is 1.52. The van der Waals surface area contributed by atoms with Gasteiger partial charge in [-0.15, -0.1) is 0 Å². The molecule has 17 heteroatoms. The van der Waals surface area contributed by atoms with E-state index in [0.29, 0.717) is 65.0 Å². The fourth-order valence-corrected chi connectivity index (χ4v) is 11.1. The third-order valence-electron chi connectivity index (χ3n) is 14.8. The number of nitrogens with two attached hydrogens (primary N) is 1. The van der Waals surface area contributed by atoms with Gasteiger partial charge < -0.3 is 55.4 Å². The summed E-state index contributed by atoms with van der Waals surface area (Å²) in [5.74, 6) is 0.437. The van der Waals surface area contributed by atoms with Gasteiger partial charge in [0.25, 0.3) is 0 Å². The van der Waals surface area contributed by atoms with Gasteiger partial charge in [-0.1, -0.05) is 71.8 Å². The fourth-order valence-electron chi connectivity index (χ4n) is 10.8. The smallest absolute Gasteiger partial charge is 0.307 e. The maximum atomic E-state index is 13.2. The van der Waals surface area contributed by atoms with Crippen LogP contribution in [0.2, 0.25) is 10.0 Å². The van der Waals surface area contributed by atoms with Crippen molar-refractivity contribution in [1.29, 1.82) is 0 Å². The number of aliphatic carboxylic acids is 1. The number of fused-ring (bicyclic) bond motifs is 2. The predicted molar refractivity (Wildman–Crippen MR) is 297 cm³/mol. The maximum absolute atomic E-state index is 13.2. The minimum Gasteiger partial charge on any atom is -0.497 e. The number of carbonyl (C=O) groups is 4. The van der Waals surface area contributed by atoms with Crippen LogP contribution in [0.25, 0.3) is 11.1 Å². The standard InChI is InChI=1S/C29H36ClN3O4.C16H26N2O2.C13H12ClNO3/c1-32(2)18-21-15-23(12-13-29(21,36)20-6-5-7-24(16-20)37-4)31-27(34)14-19-8-11-28(35)33(3)26-17-22(30)9-10-25(19)26;1-18(2)11-13-9-14(17)7-8-16(13,19)12-5-4-6-15(10-12)20-3;1-15-11-7-9(14)3-4-10(11)8(6-13(17)18)2-5-12(15)16/h5-10,16-17,21,23,36H,11-15,18H2,1-4H3,(H,31,34);4-6,10,13-14,19H,7-9,11,17H2,1-3H3;2-4,7H,5-6H2,1H3,(H,17,18). The lowest BCUT2D eigenvalue weighted by Gasteiger charge is -2.44. The van der Waals surface area contributed by atoms with Crippen molar-refractivity contribution in [3.05, 3.63) is 129 Å². The van der Waals surface area contributed by atoms with E-state index >= 15 is 0 Å². The first kappa shape index (κ1) is 58.5. The van der Waals surface area contributed by atoms with Crippen LogP contribution in [0.1, 0.15) is 86.5 Å². The summed E-state index contributed by atoms with van der Waals surface area (Å²) >= 11 is 12.1. The highest BCUT2D eigenvalue weighted by Gasteiger charge is 2.45. The second-order valence-corrected chi connectivity index (χ2v) is 21.5. The Morgan fingerprint density at radius 1 is 0.693 bits per heavy atom. The summed E-state index contributed by atoms with van der Waals surface area (Å²) in [5, 5.41) is 36.3. The Balaban J connectivity index is 0.000000202. The number of aliphatic hydroxyl groups is 2. The van der Waals surface area contributed by atoms with Crippen LogP contribution < -0.4 is 30.3 Å². The molecule has 2 heterocycles. The van der Waals surface area contributed by atoms with E-state index < -0.39 is 17.2 Å². The number of anilines is 2. The molecule has 0 aromatic heterocycles. The van der Waals surface area contributed by atoms with E-state index in [4.69, 9.17) is 43.5 Å². The van der Waals surface area contributed by atoms with Gasteiger partial charge in [-0.25, -0.2) is 0 Å². The van der Waals surface area contributed by atoms with Gasteiger partial charge in [0.05, 0.1) is 49.6 Å². The predicted octanol–water partition coefficient (Wildman–Crippen LogP) is 8.36. The summed E-state index contributed by atoms with van der Waals surface area (Å²) in [4.78, 5) is 55.6. The molecular formula is C58H74Cl2N6O9. The van der Waals surface area contributed by atoms with E-state index in [2.05, 4.69) is 15.1 Å². The molecule has 0 saturated heterocycles. The summed E-state index contributed by atoms with van der Waals surface area (Å²) in [5.41, 5.74) is 10.5. The molecule has 6 atom stereocenters. The SMILES string of the molecule is CN1C(=O)CC=C(CC(=O)O)c2ccc(Cl)cc21.COc1cccc(C2(O)CCC(N)CC2CN(C)C)c1.COc1cccc(C2(O)CCC(NC(=O)CC3=CCC(=O)N(C)c4cc(Cl)ccc43)CC2CN(C)C)c1. The van der Waals surface area contributed by atoms with Crippen molar-refractivity contribution in [3.8, 4) is 11.5 Å². The molecule has 3 amide bonds. The van der Waals surface area contributed by atoms with Gasteiger partial charge >= 0.3 is 5.97 Å². The number of rotatable bonds is 13. The molecule has 2 fully saturated rings. The highest BCUT2D eigenvalue weighted by atomic mass is 35.5. The summed E-state index contributed by atoms with van der Waals surface area (Å²) in [7, 11) is 14.7. The zero-order valence-electron chi connectivity index (χ0n) is 44.4. The lowest BCUT2D eigenvalue weighted by Crippen LogP contribution is -2.50. The largest absolute Gasteiger partial charge is 0.497 e. The van der Waals surface area contributed by atoms with Crippen molar-refractivity contribution >= 4 is 69.4 Å². The molecule has 4 aliphatic rings. The summed E-state index contributed by atoms with van der Waals surface area (Å²) in [6.07, 6.45) is 8.29. The van der Waals surface area contributed by atoms with E-state index in [1.807, 2.05) is 88.9 Å². The van der Waals surface area contributed by atoms with E-state index in [1.54, 1.807) is 69.6 Å². The van der Waals surface area contributed by atoms with E-state index in [1.165, 1.54) is 4.90 Å². The molecular weight excluding hydrogens is 996 g/mol. The Morgan fingerprint density at radius 2 is 1.15 bits per heavy atom. The molecule has 0 spiro atoms. The highest BCUT2D eigenvalue weighted by Crippen LogP contribution is 2.45. The minimum absolute atomic E-state index is 0.0467. The molecule has 0 radical (unpaired) electrons. The lowest BCUT2D eigenvalue weighted by atomic mass is 9.69. The lowest BCUT2D eigenvalue weighted by molar-refractivity contribution is -0.135. The number of carbonyl (C=O) groups excluding carboxylic acids is 3. The molecule has 15 nitrogen and oxygen atoms in total. The Kier molecular flexibility index (Phi) is 20.1. The molecule has 2 aliphatic heterocycles. The molecule has 2 aliphatic carbocycles. The summed E-state index contributed by atoms with van der Waals surface area (Å²) in [6, 6.07) is 26.1. The van der Waals surface area contributed by atoms with Crippen molar-refractivity contribution in [2.24, 2.45) is 17.6 Å². The van der Waals surface area contributed by atoms with Crippen LogP contribution in [0.15, 0.2) is 97.1 Å². The quantitative estimate of drug-likeness (QED) is 0.0859. The van der Waals surface area contributed by atoms with Crippen LogP contribution in [0.4, 0.5) is 11.4 Å². The third kappa shape index (κ3) is 14.8. The molecule has 8 rings (SSSR count). The minimum atomic E-state index is -1.01.